The highest BCUT2D eigenvalue weighted by atomic mass is 16.5. The fourth-order valence-electron chi connectivity index (χ4n) is 2.47. The molecule has 0 unspecified atom stereocenters. The Morgan fingerprint density at radius 1 is 1.12 bits per heavy atom. The van der Waals surface area contributed by atoms with Gasteiger partial charge in [0.2, 0.25) is 5.69 Å². The number of aromatic carboxylic acids is 1. The molecule has 0 aliphatic rings. The molecule has 0 fully saturated rings. The first-order valence-corrected chi connectivity index (χ1v) is 7.49. The van der Waals surface area contributed by atoms with Crippen LogP contribution in [0.15, 0.2) is 53.3 Å². The van der Waals surface area contributed by atoms with Gasteiger partial charge in [-0.3, -0.25) is 9.36 Å². The van der Waals surface area contributed by atoms with Crippen LogP contribution in [-0.4, -0.2) is 26.7 Å². The second kappa shape index (κ2) is 6.16. The molecule has 0 radical (unpaired) electrons. The zero-order chi connectivity index (χ0) is 17.3. The molecule has 0 aliphatic carbocycles. The molecule has 0 saturated heterocycles. The van der Waals surface area contributed by atoms with Crippen molar-refractivity contribution < 1.29 is 14.6 Å². The standard InChI is InChI=1S/C18H16N2O4/c1-11(2)24-13-9-7-12(8-10-13)20-15-6-4-3-5-14(15)19-16(17(20)21)18(22)23/h3-11H,1-2H3,(H,22,23). The van der Waals surface area contributed by atoms with E-state index in [0.29, 0.717) is 22.5 Å². The lowest BCUT2D eigenvalue weighted by Gasteiger charge is -2.13. The van der Waals surface area contributed by atoms with Gasteiger partial charge >= 0.3 is 5.97 Å². The monoisotopic (exact) mass is 324 g/mol. The van der Waals surface area contributed by atoms with Crippen molar-refractivity contribution in [1.29, 1.82) is 0 Å². The van der Waals surface area contributed by atoms with Crippen molar-refractivity contribution in [3.63, 3.8) is 0 Å². The normalized spacial score (nSPS) is 11.0. The zero-order valence-electron chi connectivity index (χ0n) is 13.3. The van der Waals surface area contributed by atoms with Crippen LogP contribution in [0.2, 0.25) is 0 Å². The number of para-hydroxylation sites is 2. The third kappa shape index (κ3) is 2.86. The zero-order valence-corrected chi connectivity index (χ0v) is 13.3. The molecule has 2 aromatic carbocycles. The van der Waals surface area contributed by atoms with Crippen LogP contribution in [0, 0.1) is 0 Å². The Bertz CT molecular complexity index is 959. The molecule has 3 aromatic rings. The molecule has 1 N–H and O–H groups in total. The highest BCUT2D eigenvalue weighted by Crippen LogP contribution is 2.19. The largest absolute Gasteiger partial charge is 0.491 e. The van der Waals surface area contributed by atoms with E-state index in [1.54, 1.807) is 48.5 Å². The first kappa shape index (κ1) is 15.7. The van der Waals surface area contributed by atoms with E-state index >= 15 is 0 Å². The van der Waals surface area contributed by atoms with Crippen LogP contribution in [0.1, 0.15) is 24.3 Å². The number of ether oxygens (including phenoxy) is 1. The van der Waals surface area contributed by atoms with Crippen LogP contribution in [0.3, 0.4) is 0 Å². The van der Waals surface area contributed by atoms with Gasteiger partial charge in [0.05, 0.1) is 17.1 Å². The molecule has 1 aromatic heterocycles. The number of carboxylic acid groups (broad SMARTS) is 1. The smallest absolute Gasteiger partial charge is 0.360 e. The summed E-state index contributed by atoms with van der Waals surface area (Å²) in [7, 11) is 0. The van der Waals surface area contributed by atoms with Gasteiger partial charge in [-0.1, -0.05) is 12.1 Å². The second-order valence-electron chi connectivity index (χ2n) is 5.56. The summed E-state index contributed by atoms with van der Waals surface area (Å²) in [6.07, 6.45) is 0.0407. The summed E-state index contributed by atoms with van der Waals surface area (Å²) in [5.41, 5.74) is 0.370. The van der Waals surface area contributed by atoms with Crippen molar-refractivity contribution in [3.8, 4) is 11.4 Å². The lowest BCUT2D eigenvalue weighted by atomic mass is 10.2. The Balaban J connectivity index is 2.23. The average molecular weight is 324 g/mol. The molecule has 6 heteroatoms. The van der Waals surface area contributed by atoms with Gasteiger partial charge in [-0.05, 0) is 50.2 Å². The van der Waals surface area contributed by atoms with Gasteiger partial charge in [0.15, 0.2) is 0 Å². The molecule has 0 bridgehead atoms. The lowest BCUT2D eigenvalue weighted by Crippen LogP contribution is -2.27. The van der Waals surface area contributed by atoms with Gasteiger partial charge in [-0.2, -0.15) is 0 Å². The minimum atomic E-state index is -1.35. The van der Waals surface area contributed by atoms with Crippen molar-refractivity contribution >= 4 is 17.0 Å². The van der Waals surface area contributed by atoms with Crippen LogP contribution >= 0.6 is 0 Å². The van der Waals surface area contributed by atoms with Gasteiger partial charge in [-0.25, -0.2) is 9.78 Å². The van der Waals surface area contributed by atoms with E-state index in [4.69, 9.17) is 4.74 Å². The van der Waals surface area contributed by atoms with Gasteiger partial charge in [0.1, 0.15) is 5.75 Å². The average Bonchev–Trinajstić information content (AvgIpc) is 2.54. The Morgan fingerprint density at radius 2 is 1.79 bits per heavy atom. The topological polar surface area (TPSA) is 81.4 Å². The van der Waals surface area contributed by atoms with Crippen molar-refractivity contribution in [2.45, 2.75) is 20.0 Å². The van der Waals surface area contributed by atoms with E-state index in [2.05, 4.69) is 4.98 Å². The summed E-state index contributed by atoms with van der Waals surface area (Å²) >= 11 is 0. The van der Waals surface area contributed by atoms with E-state index in [-0.39, 0.29) is 6.10 Å². The van der Waals surface area contributed by atoms with Gasteiger partial charge in [0.25, 0.3) is 5.56 Å². The van der Waals surface area contributed by atoms with Crippen LogP contribution in [0.4, 0.5) is 0 Å². The minimum Gasteiger partial charge on any atom is -0.491 e. The van der Waals surface area contributed by atoms with Gasteiger partial charge in [0, 0.05) is 5.69 Å². The maximum absolute atomic E-state index is 12.6. The van der Waals surface area contributed by atoms with Crippen molar-refractivity contribution in [2.75, 3.05) is 0 Å². The number of nitrogens with zero attached hydrogens (tertiary/aromatic N) is 2. The number of hydrogen-bond acceptors (Lipinski definition) is 4. The van der Waals surface area contributed by atoms with Crippen molar-refractivity contribution in [2.24, 2.45) is 0 Å². The first-order chi connectivity index (χ1) is 11.5. The Hall–Kier alpha value is -3.15. The fraction of sp³-hybridized carbons (Fsp3) is 0.167. The van der Waals surface area contributed by atoms with Crippen LogP contribution in [0.25, 0.3) is 16.7 Å². The predicted octanol–water partition coefficient (Wildman–Crippen LogP) is 2.87. The molecule has 24 heavy (non-hydrogen) atoms. The number of rotatable bonds is 4. The first-order valence-electron chi connectivity index (χ1n) is 7.49. The lowest BCUT2D eigenvalue weighted by molar-refractivity contribution is 0.0688. The molecule has 0 amide bonds. The molecule has 0 atom stereocenters. The van der Waals surface area contributed by atoms with Crippen molar-refractivity contribution in [1.82, 2.24) is 9.55 Å². The summed E-state index contributed by atoms with van der Waals surface area (Å²) in [5.74, 6) is -0.669. The quantitative estimate of drug-likeness (QED) is 0.798. The maximum atomic E-state index is 12.6. The summed E-state index contributed by atoms with van der Waals surface area (Å²) < 4.78 is 6.94. The summed E-state index contributed by atoms with van der Waals surface area (Å²) in [6, 6.07) is 13.9. The van der Waals surface area contributed by atoms with Crippen LogP contribution in [-0.2, 0) is 0 Å². The van der Waals surface area contributed by atoms with E-state index < -0.39 is 17.2 Å². The Labute approximate surface area is 138 Å². The number of carbonyl (C=O) groups is 1. The molecule has 122 valence electrons. The molecule has 3 rings (SSSR count). The van der Waals surface area contributed by atoms with E-state index in [1.165, 1.54) is 4.57 Å². The molecular formula is C18H16N2O4. The van der Waals surface area contributed by atoms with Crippen LogP contribution in [0.5, 0.6) is 5.75 Å². The van der Waals surface area contributed by atoms with E-state index in [9.17, 15) is 14.7 Å². The van der Waals surface area contributed by atoms with E-state index in [1.807, 2.05) is 13.8 Å². The van der Waals surface area contributed by atoms with Crippen LogP contribution < -0.4 is 10.3 Å². The Kier molecular flexibility index (Phi) is 4.04. The number of hydrogen-bond donors (Lipinski definition) is 1. The summed E-state index contributed by atoms with van der Waals surface area (Å²) in [5, 5.41) is 9.24. The molecule has 1 heterocycles. The van der Waals surface area contributed by atoms with Crippen molar-refractivity contribution in [3.05, 3.63) is 64.6 Å². The van der Waals surface area contributed by atoms with Gasteiger partial charge in [-0.15, -0.1) is 0 Å². The van der Waals surface area contributed by atoms with E-state index in [0.717, 1.165) is 0 Å². The minimum absolute atomic E-state index is 0.0407. The molecule has 0 saturated carbocycles. The maximum Gasteiger partial charge on any atom is 0.360 e. The highest BCUT2D eigenvalue weighted by Gasteiger charge is 2.17. The third-order valence-electron chi connectivity index (χ3n) is 3.43. The Morgan fingerprint density at radius 3 is 2.42 bits per heavy atom. The molecular weight excluding hydrogens is 308 g/mol. The molecule has 0 spiro atoms. The molecule has 0 aliphatic heterocycles. The van der Waals surface area contributed by atoms with Gasteiger partial charge < -0.3 is 9.84 Å². The SMILES string of the molecule is CC(C)Oc1ccc(-n2c(=O)c(C(=O)O)nc3ccccc32)cc1. The number of fused-ring (bicyclic) bond motifs is 1. The summed E-state index contributed by atoms with van der Waals surface area (Å²) in [4.78, 5) is 27.9. The highest BCUT2D eigenvalue weighted by molar-refractivity contribution is 5.88. The number of carboxylic acids is 1. The molecule has 6 nitrogen and oxygen atoms in total. The number of benzene rings is 2. The fourth-order valence-corrected chi connectivity index (χ4v) is 2.47. The predicted molar refractivity (Wildman–Crippen MR) is 90.1 cm³/mol. The number of aromatic nitrogens is 2. The second-order valence-corrected chi connectivity index (χ2v) is 5.56. The summed E-state index contributed by atoms with van der Waals surface area (Å²) in [6.45, 7) is 3.85. The third-order valence-corrected chi connectivity index (χ3v) is 3.43.